The minimum Gasteiger partial charge on any atom is -0.374 e. The van der Waals surface area contributed by atoms with E-state index in [-0.39, 0.29) is 10.7 Å². The van der Waals surface area contributed by atoms with Crippen molar-refractivity contribution in [1.29, 1.82) is 0 Å². The normalized spacial score (nSPS) is 14.6. The summed E-state index contributed by atoms with van der Waals surface area (Å²) in [7, 11) is 0. The van der Waals surface area contributed by atoms with Gasteiger partial charge in [0.15, 0.2) is 0 Å². The zero-order valence-electron chi connectivity index (χ0n) is 12.0. The van der Waals surface area contributed by atoms with Gasteiger partial charge in [0.1, 0.15) is 5.82 Å². The number of benzene rings is 1. The van der Waals surface area contributed by atoms with Crippen molar-refractivity contribution in [2.75, 3.05) is 6.54 Å². The lowest BCUT2D eigenvalue weighted by atomic mass is 9.96. The van der Waals surface area contributed by atoms with E-state index in [4.69, 9.17) is 17.3 Å². The van der Waals surface area contributed by atoms with E-state index in [1.807, 2.05) is 0 Å². The molecule has 1 aromatic heterocycles. The third kappa shape index (κ3) is 3.17. The Hall–Kier alpha value is -1.70. The van der Waals surface area contributed by atoms with Crippen LogP contribution < -0.4 is 5.73 Å². The van der Waals surface area contributed by atoms with Gasteiger partial charge in [0.25, 0.3) is 0 Å². The van der Waals surface area contributed by atoms with Gasteiger partial charge in [-0.3, -0.25) is 0 Å². The first kappa shape index (κ1) is 17.7. The molecule has 0 aliphatic rings. The van der Waals surface area contributed by atoms with Gasteiger partial charge in [0.05, 0.1) is 16.4 Å². The molecule has 0 aliphatic heterocycles. The van der Waals surface area contributed by atoms with Gasteiger partial charge in [-0.05, 0) is 36.8 Å². The Balaban J connectivity index is 2.62. The summed E-state index contributed by atoms with van der Waals surface area (Å²) < 4.78 is 52.5. The van der Waals surface area contributed by atoms with Crippen molar-refractivity contribution in [1.82, 2.24) is 4.98 Å². The molecule has 2 aromatic rings. The van der Waals surface area contributed by atoms with Crippen LogP contribution in [-0.2, 0) is 5.60 Å². The highest BCUT2D eigenvalue weighted by Gasteiger charge is 2.55. The fourth-order valence-electron chi connectivity index (χ4n) is 2.06. The van der Waals surface area contributed by atoms with E-state index in [2.05, 4.69) is 4.98 Å². The molecule has 0 saturated heterocycles. The molecule has 1 aromatic carbocycles. The van der Waals surface area contributed by atoms with Gasteiger partial charge in [-0.1, -0.05) is 17.7 Å². The van der Waals surface area contributed by atoms with Crippen LogP contribution in [0.5, 0.6) is 0 Å². The van der Waals surface area contributed by atoms with Gasteiger partial charge < -0.3 is 10.8 Å². The Labute approximate surface area is 134 Å². The Morgan fingerprint density at radius 1 is 1.22 bits per heavy atom. The van der Waals surface area contributed by atoms with Gasteiger partial charge in [-0.2, -0.15) is 13.2 Å². The molecule has 1 unspecified atom stereocenters. The minimum absolute atomic E-state index is 0.153. The fourth-order valence-corrected chi connectivity index (χ4v) is 2.24. The number of aromatic nitrogens is 1. The van der Waals surface area contributed by atoms with Crippen LogP contribution in [0.3, 0.4) is 0 Å². The van der Waals surface area contributed by atoms with Crippen LogP contribution in [0.25, 0.3) is 11.3 Å². The van der Waals surface area contributed by atoms with Crippen molar-refractivity contribution in [3.05, 3.63) is 52.4 Å². The van der Waals surface area contributed by atoms with Gasteiger partial charge in [0, 0.05) is 12.1 Å². The van der Waals surface area contributed by atoms with E-state index in [0.29, 0.717) is 11.1 Å². The number of nitrogens with two attached hydrogens (primary N) is 1. The molecule has 23 heavy (non-hydrogen) atoms. The van der Waals surface area contributed by atoms with Crippen LogP contribution in [0.15, 0.2) is 30.3 Å². The molecule has 0 amide bonds. The number of rotatable bonds is 3. The summed E-state index contributed by atoms with van der Waals surface area (Å²) in [6.07, 6.45) is -4.98. The highest BCUT2D eigenvalue weighted by molar-refractivity contribution is 6.31. The molecule has 8 heteroatoms. The van der Waals surface area contributed by atoms with Gasteiger partial charge in [-0.25, -0.2) is 9.37 Å². The van der Waals surface area contributed by atoms with Crippen molar-refractivity contribution < 1.29 is 22.7 Å². The SMILES string of the molecule is Cc1ccc(C(O)(CN)C(F)(F)F)nc1-c1ccc(F)c(Cl)c1. The number of aliphatic hydroxyl groups is 1. The zero-order valence-corrected chi connectivity index (χ0v) is 12.7. The molecular formula is C15H13ClF4N2O. The maximum Gasteiger partial charge on any atom is 0.424 e. The van der Waals surface area contributed by atoms with Gasteiger partial charge in [-0.15, -0.1) is 0 Å². The van der Waals surface area contributed by atoms with Crippen LogP contribution in [0.2, 0.25) is 5.02 Å². The lowest BCUT2D eigenvalue weighted by molar-refractivity contribution is -0.263. The zero-order chi connectivity index (χ0) is 17.4. The van der Waals surface area contributed by atoms with E-state index in [1.54, 1.807) is 6.92 Å². The number of aryl methyl sites for hydroxylation is 1. The Morgan fingerprint density at radius 3 is 2.39 bits per heavy atom. The molecule has 1 atom stereocenters. The highest BCUT2D eigenvalue weighted by atomic mass is 35.5. The fraction of sp³-hybridized carbons (Fsp3) is 0.267. The van der Waals surface area contributed by atoms with Crippen LogP contribution in [0.1, 0.15) is 11.3 Å². The van der Waals surface area contributed by atoms with Gasteiger partial charge in [0.2, 0.25) is 5.60 Å². The second kappa shape index (κ2) is 6.07. The maximum atomic E-state index is 13.2. The summed E-state index contributed by atoms with van der Waals surface area (Å²) in [6.45, 7) is 0.550. The standard InChI is InChI=1S/C15H13ClF4N2O/c1-8-2-5-12(14(23,7-21)15(18,19)20)22-13(8)9-3-4-11(17)10(16)6-9/h2-6,23H,7,21H2,1H3. The van der Waals surface area contributed by atoms with E-state index in [0.717, 1.165) is 12.1 Å². The smallest absolute Gasteiger partial charge is 0.374 e. The topological polar surface area (TPSA) is 59.1 Å². The third-order valence-electron chi connectivity index (χ3n) is 3.48. The number of hydrogen-bond donors (Lipinski definition) is 2. The molecule has 3 nitrogen and oxygen atoms in total. The van der Waals surface area contributed by atoms with Crippen molar-refractivity contribution >= 4 is 11.6 Å². The molecule has 0 bridgehead atoms. The van der Waals surface area contributed by atoms with Crippen LogP contribution >= 0.6 is 11.6 Å². The molecule has 0 aliphatic carbocycles. The molecule has 124 valence electrons. The second-order valence-electron chi connectivity index (χ2n) is 5.05. The highest BCUT2D eigenvalue weighted by Crippen LogP contribution is 2.38. The molecule has 1 heterocycles. The van der Waals surface area contributed by atoms with Crippen LogP contribution in [0, 0.1) is 12.7 Å². The van der Waals surface area contributed by atoms with Gasteiger partial charge >= 0.3 is 6.18 Å². The summed E-state index contributed by atoms with van der Waals surface area (Å²) in [5.74, 6) is -0.655. The van der Waals surface area contributed by atoms with E-state index >= 15 is 0 Å². The molecule has 0 radical (unpaired) electrons. The third-order valence-corrected chi connectivity index (χ3v) is 3.77. The van der Waals surface area contributed by atoms with Crippen molar-refractivity contribution in [2.45, 2.75) is 18.7 Å². The van der Waals surface area contributed by atoms with Crippen molar-refractivity contribution in [3.63, 3.8) is 0 Å². The maximum absolute atomic E-state index is 13.2. The molecule has 0 saturated carbocycles. The Kier molecular flexibility index (Phi) is 4.66. The first-order valence-electron chi connectivity index (χ1n) is 6.53. The van der Waals surface area contributed by atoms with Crippen molar-refractivity contribution in [3.8, 4) is 11.3 Å². The number of hydrogen-bond acceptors (Lipinski definition) is 3. The van der Waals surface area contributed by atoms with E-state index < -0.39 is 29.8 Å². The van der Waals surface area contributed by atoms with E-state index in [1.165, 1.54) is 18.2 Å². The monoisotopic (exact) mass is 348 g/mol. The second-order valence-corrected chi connectivity index (χ2v) is 5.46. The van der Waals surface area contributed by atoms with Crippen LogP contribution in [-0.4, -0.2) is 22.8 Å². The average molecular weight is 349 g/mol. The average Bonchev–Trinajstić information content (AvgIpc) is 2.48. The lowest BCUT2D eigenvalue weighted by Gasteiger charge is -2.29. The summed E-state index contributed by atoms with van der Waals surface area (Å²) in [5, 5.41) is 9.71. The quantitative estimate of drug-likeness (QED) is 0.834. The Morgan fingerprint density at radius 2 is 1.87 bits per heavy atom. The summed E-state index contributed by atoms with van der Waals surface area (Å²) in [6, 6.07) is 6.12. The molecule has 0 fully saturated rings. The van der Waals surface area contributed by atoms with Crippen LogP contribution in [0.4, 0.5) is 17.6 Å². The number of alkyl halides is 3. The molecule has 3 N–H and O–H groups in total. The first-order chi connectivity index (χ1) is 10.6. The van der Waals surface area contributed by atoms with Crippen molar-refractivity contribution in [2.24, 2.45) is 5.73 Å². The number of nitrogens with zero attached hydrogens (tertiary/aromatic N) is 1. The minimum atomic E-state index is -4.98. The predicted molar refractivity (Wildman–Crippen MR) is 78.4 cm³/mol. The molecule has 0 spiro atoms. The number of pyridine rings is 1. The summed E-state index contributed by atoms with van der Waals surface area (Å²) in [5.41, 5.74) is 2.24. The molecular weight excluding hydrogens is 336 g/mol. The first-order valence-corrected chi connectivity index (χ1v) is 6.90. The summed E-state index contributed by atoms with van der Waals surface area (Å²) in [4.78, 5) is 3.89. The predicted octanol–water partition coefficient (Wildman–Crippen LogP) is 3.56. The summed E-state index contributed by atoms with van der Waals surface area (Å²) >= 11 is 5.69. The van der Waals surface area contributed by atoms with E-state index in [9.17, 15) is 22.7 Å². The largest absolute Gasteiger partial charge is 0.424 e. The Bertz CT molecular complexity index is 736. The molecule has 2 rings (SSSR count). The lowest BCUT2D eigenvalue weighted by Crippen LogP contribution is -2.49. The number of halogens is 5.